The van der Waals surface area contributed by atoms with Gasteiger partial charge < -0.3 is 39.8 Å². The Hall–Kier alpha value is -3.27. The third-order valence-corrected chi connectivity index (χ3v) is 10.2. The number of Topliss-reactive ketones (excluding diaryl/α,β-unsaturated/α-hetero) is 3. The molecule has 15 nitrogen and oxygen atoms in total. The average molecular weight is 857 g/mol. The first-order chi connectivity index (χ1) is 28.9. The Morgan fingerprint density at radius 1 is 0.467 bits per heavy atom. The van der Waals surface area contributed by atoms with Crippen molar-refractivity contribution >= 4 is 41.1 Å². The molecule has 15 heteroatoms. The average Bonchev–Trinajstić information content (AvgIpc) is 3.20. The van der Waals surface area contributed by atoms with Crippen molar-refractivity contribution in [1.82, 2.24) is 10.6 Å². The lowest BCUT2D eigenvalue weighted by molar-refractivity contribution is -0.142. The topological polar surface area (TPSA) is 221 Å². The normalized spacial score (nSPS) is 12.2. The first-order valence-electron chi connectivity index (χ1n) is 22.8. The van der Waals surface area contributed by atoms with Crippen LogP contribution in [-0.4, -0.2) is 117 Å². The van der Waals surface area contributed by atoms with Gasteiger partial charge in [-0.15, -0.1) is 0 Å². The zero-order chi connectivity index (χ0) is 44.5. The van der Waals surface area contributed by atoms with Gasteiger partial charge >= 0.3 is 11.9 Å². The first-order valence-corrected chi connectivity index (χ1v) is 22.8. The standard InChI is InChI=1S/C45H80N2O13/c1-37(38(2)48)21-16-15-17-22-40(50)35-59-33-32-58-30-28-46-43(52)36-60-34-31-57-29-20-23-39(49)26-27-41(45(55)56)47-42(51)24-18-13-11-9-7-5-3-4-6-8-10-12-14-19-25-44(53)54/h37,41H,3-36H2,1-2H3,(H,46,52)(H,47,51)(H,53,54)(H,55,56)/t37-,41-/m0/s1. The van der Waals surface area contributed by atoms with Crippen molar-refractivity contribution in [3.8, 4) is 0 Å². The summed E-state index contributed by atoms with van der Waals surface area (Å²) in [5, 5.41) is 23.4. The van der Waals surface area contributed by atoms with Crippen molar-refractivity contribution in [2.45, 2.75) is 180 Å². The molecule has 0 rings (SSSR count). The molecule has 0 unspecified atom stereocenters. The number of hydrogen-bond donors (Lipinski definition) is 4. The number of nitrogens with one attached hydrogen (secondary N) is 2. The number of rotatable bonds is 46. The van der Waals surface area contributed by atoms with Gasteiger partial charge in [-0.3, -0.25) is 28.8 Å². The predicted octanol–water partition coefficient (Wildman–Crippen LogP) is 6.94. The lowest BCUT2D eigenvalue weighted by Crippen LogP contribution is -2.41. The Kier molecular flexibility index (Phi) is 38.9. The van der Waals surface area contributed by atoms with Crippen LogP contribution >= 0.6 is 0 Å². The summed E-state index contributed by atoms with van der Waals surface area (Å²) in [6.07, 6.45) is 20.5. The Morgan fingerprint density at radius 2 is 0.950 bits per heavy atom. The highest BCUT2D eigenvalue weighted by Gasteiger charge is 2.21. The monoisotopic (exact) mass is 857 g/mol. The van der Waals surface area contributed by atoms with Crippen molar-refractivity contribution in [3.05, 3.63) is 0 Å². The maximum absolute atomic E-state index is 12.3. The minimum Gasteiger partial charge on any atom is -0.481 e. The highest BCUT2D eigenvalue weighted by molar-refractivity contribution is 5.84. The molecule has 0 aliphatic carbocycles. The number of carbonyl (C=O) groups is 7. The fraction of sp³-hybridized carbons (Fsp3) is 0.844. The van der Waals surface area contributed by atoms with Gasteiger partial charge in [0.2, 0.25) is 11.8 Å². The lowest BCUT2D eigenvalue weighted by Gasteiger charge is -2.14. The minimum absolute atomic E-state index is 0.0400. The number of carboxylic acid groups (broad SMARTS) is 2. The van der Waals surface area contributed by atoms with Crippen molar-refractivity contribution in [3.63, 3.8) is 0 Å². The van der Waals surface area contributed by atoms with E-state index < -0.39 is 18.0 Å². The maximum atomic E-state index is 12.3. The summed E-state index contributed by atoms with van der Waals surface area (Å²) in [4.78, 5) is 81.9. The summed E-state index contributed by atoms with van der Waals surface area (Å²) in [5.41, 5.74) is 0. The zero-order valence-electron chi connectivity index (χ0n) is 37.1. The van der Waals surface area contributed by atoms with Gasteiger partial charge in [-0.25, -0.2) is 4.79 Å². The van der Waals surface area contributed by atoms with E-state index in [1.165, 1.54) is 44.9 Å². The van der Waals surface area contributed by atoms with Crippen LogP contribution in [0.1, 0.15) is 174 Å². The molecular weight excluding hydrogens is 776 g/mol. The lowest BCUT2D eigenvalue weighted by atomic mass is 9.99. The van der Waals surface area contributed by atoms with E-state index in [0.29, 0.717) is 45.6 Å². The van der Waals surface area contributed by atoms with E-state index in [-0.39, 0.29) is 100 Å². The number of ketones is 3. The fourth-order valence-electron chi connectivity index (χ4n) is 6.34. The number of unbranched alkanes of at least 4 members (excludes halogenated alkanes) is 15. The van der Waals surface area contributed by atoms with Gasteiger partial charge in [-0.05, 0) is 45.4 Å². The quantitative estimate of drug-likeness (QED) is 0.0457. The Morgan fingerprint density at radius 3 is 1.52 bits per heavy atom. The molecule has 0 aromatic rings. The molecule has 0 fully saturated rings. The van der Waals surface area contributed by atoms with Crippen LogP contribution in [0.5, 0.6) is 0 Å². The van der Waals surface area contributed by atoms with E-state index in [1.807, 2.05) is 6.92 Å². The number of hydrogen-bond acceptors (Lipinski definition) is 11. The molecule has 0 saturated carbocycles. The van der Waals surface area contributed by atoms with Crippen LogP contribution in [0.2, 0.25) is 0 Å². The Balaban J connectivity index is 3.65. The zero-order valence-corrected chi connectivity index (χ0v) is 37.1. The van der Waals surface area contributed by atoms with E-state index in [0.717, 1.165) is 64.2 Å². The molecule has 0 bridgehead atoms. The van der Waals surface area contributed by atoms with Gasteiger partial charge in [0.15, 0.2) is 5.78 Å². The van der Waals surface area contributed by atoms with E-state index in [9.17, 15) is 38.7 Å². The van der Waals surface area contributed by atoms with E-state index in [2.05, 4.69) is 10.6 Å². The predicted molar refractivity (Wildman–Crippen MR) is 229 cm³/mol. The van der Waals surface area contributed by atoms with Gasteiger partial charge in [-0.1, -0.05) is 96.8 Å². The van der Waals surface area contributed by atoms with Gasteiger partial charge in [0, 0.05) is 51.2 Å². The van der Waals surface area contributed by atoms with Gasteiger partial charge in [0.25, 0.3) is 0 Å². The second kappa shape index (κ2) is 41.1. The van der Waals surface area contributed by atoms with Crippen LogP contribution in [0.25, 0.3) is 0 Å². The van der Waals surface area contributed by atoms with Crippen LogP contribution < -0.4 is 10.6 Å². The molecule has 4 N–H and O–H groups in total. The van der Waals surface area contributed by atoms with Crippen LogP contribution in [0.3, 0.4) is 0 Å². The molecule has 0 saturated heterocycles. The molecule has 348 valence electrons. The third kappa shape index (κ3) is 40.2. The third-order valence-electron chi connectivity index (χ3n) is 10.2. The summed E-state index contributed by atoms with van der Waals surface area (Å²) < 4.78 is 21.5. The first kappa shape index (κ1) is 56.7. The van der Waals surface area contributed by atoms with Crippen LogP contribution in [0.4, 0.5) is 0 Å². The van der Waals surface area contributed by atoms with Gasteiger partial charge in [0.05, 0.1) is 33.0 Å². The molecule has 0 aromatic heterocycles. The van der Waals surface area contributed by atoms with E-state index in [4.69, 9.17) is 24.1 Å². The summed E-state index contributed by atoms with van der Waals surface area (Å²) in [6, 6.07) is -1.10. The van der Waals surface area contributed by atoms with Gasteiger partial charge in [0.1, 0.15) is 30.8 Å². The van der Waals surface area contributed by atoms with Crippen LogP contribution in [0, 0.1) is 5.92 Å². The molecule has 0 heterocycles. The second-order valence-electron chi connectivity index (χ2n) is 15.8. The summed E-state index contributed by atoms with van der Waals surface area (Å²) in [5.74, 6) is -2.24. The number of carboxylic acids is 2. The molecule has 2 amide bonds. The van der Waals surface area contributed by atoms with Gasteiger partial charge in [-0.2, -0.15) is 0 Å². The molecule has 60 heavy (non-hydrogen) atoms. The summed E-state index contributed by atoms with van der Waals surface area (Å²) in [6.45, 7) is 5.41. The smallest absolute Gasteiger partial charge is 0.326 e. The van der Waals surface area contributed by atoms with Crippen LogP contribution in [0.15, 0.2) is 0 Å². The highest BCUT2D eigenvalue weighted by atomic mass is 16.5. The molecule has 0 aromatic carbocycles. The van der Waals surface area contributed by atoms with E-state index in [1.54, 1.807) is 6.92 Å². The van der Waals surface area contributed by atoms with Crippen molar-refractivity contribution in [1.29, 1.82) is 0 Å². The molecule has 0 spiro atoms. The SMILES string of the molecule is CC(=O)[C@@H](C)CCCCCC(=O)COCCOCCNC(=O)COCCOCCCC(=O)CC[C@H](NC(=O)CCCCCCCCCCCCCCCCC(=O)O)C(=O)O. The number of carbonyl (C=O) groups excluding carboxylic acids is 5. The summed E-state index contributed by atoms with van der Waals surface area (Å²) in [7, 11) is 0. The van der Waals surface area contributed by atoms with E-state index >= 15 is 0 Å². The Bertz CT molecular complexity index is 1170. The second-order valence-corrected chi connectivity index (χ2v) is 15.8. The van der Waals surface area contributed by atoms with Crippen molar-refractivity contribution in [2.75, 3.05) is 59.4 Å². The number of aliphatic carboxylic acids is 2. The van der Waals surface area contributed by atoms with Crippen LogP contribution in [-0.2, 0) is 52.5 Å². The molecular formula is C45H80N2O13. The Labute approximate surface area is 359 Å². The fourth-order valence-corrected chi connectivity index (χ4v) is 6.34. The minimum atomic E-state index is -1.15. The maximum Gasteiger partial charge on any atom is 0.326 e. The highest BCUT2D eigenvalue weighted by Crippen LogP contribution is 2.15. The molecule has 0 aliphatic heterocycles. The molecule has 0 radical (unpaired) electrons. The van der Waals surface area contributed by atoms with Crippen molar-refractivity contribution < 1.29 is 62.7 Å². The number of amides is 2. The molecule has 2 atom stereocenters. The number of ether oxygens (including phenoxy) is 4. The summed E-state index contributed by atoms with van der Waals surface area (Å²) >= 11 is 0. The largest absolute Gasteiger partial charge is 0.481 e. The van der Waals surface area contributed by atoms with Crippen molar-refractivity contribution in [2.24, 2.45) is 5.92 Å². The molecule has 0 aliphatic rings.